The second kappa shape index (κ2) is 6.40. The number of carbonyl (C=O) groups excluding carboxylic acids is 1. The number of nitrogens with one attached hydrogen (secondary N) is 1. The van der Waals surface area contributed by atoms with Crippen molar-refractivity contribution in [3.8, 4) is 0 Å². The lowest BCUT2D eigenvalue weighted by molar-refractivity contribution is -0.123. The van der Waals surface area contributed by atoms with Gasteiger partial charge in [0.1, 0.15) is 6.73 Å². The van der Waals surface area contributed by atoms with E-state index in [1.54, 1.807) is 0 Å². The Morgan fingerprint density at radius 2 is 1.82 bits per heavy atom. The topological polar surface area (TPSA) is 49.3 Å². The summed E-state index contributed by atoms with van der Waals surface area (Å²) in [6.45, 7) is 5.90. The normalized spacial score (nSPS) is 12.5. The Morgan fingerprint density at radius 3 is 2.29 bits per heavy atom. The van der Waals surface area contributed by atoms with Crippen molar-refractivity contribution in [3.05, 3.63) is 35.4 Å². The standard InChI is InChI=1S/C14H21NO2/c1-10(2)8-12-4-6-13(7-5-12)11(3)14(17)15-9-16/h4-7,10-11,16H,8-9H2,1-3H3,(H,15,17)/t11-/m1/s1. The van der Waals surface area contributed by atoms with Crippen LogP contribution in [-0.2, 0) is 11.2 Å². The van der Waals surface area contributed by atoms with Crippen molar-refractivity contribution in [3.63, 3.8) is 0 Å². The zero-order valence-corrected chi connectivity index (χ0v) is 10.7. The van der Waals surface area contributed by atoms with E-state index in [0.29, 0.717) is 5.92 Å². The van der Waals surface area contributed by atoms with E-state index in [4.69, 9.17) is 5.11 Å². The smallest absolute Gasteiger partial charge is 0.229 e. The minimum atomic E-state index is -0.311. The van der Waals surface area contributed by atoms with Gasteiger partial charge in [-0.05, 0) is 30.4 Å². The molecule has 0 bridgehead atoms. The number of aliphatic hydroxyl groups is 1. The van der Waals surface area contributed by atoms with Gasteiger partial charge < -0.3 is 10.4 Å². The van der Waals surface area contributed by atoms with E-state index in [1.807, 2.05) is 19.1 Å². The van der Waals surface area contributed by atoms with E-state index in [9.17, 15) is 4.79 Å². The number of aliphatic hydroxyl groups excluding tert-OH is 1. The molecular formula is C14H21NO2. The van der Waals surface area contributed by atoms with Crippen LogP contribution < -0.4 is 5.32 Å². The molecule has 1 aromatic carbocycles. The number of hydrogen-bond acceptors (Lipinski definition) is 2. The average molecular weight is 235 g/mol. The summed E-state index contributed by atoms with van der Waals surface area (Å²) in [5.74, 6) is 0.260. The van der Waals surface area contributed by atoms with Crippen LogP contribution in [0.25, 0.3) is 0 Å². The lowest BCUT2D eigenvalue weighted by Gasteiger charge is -2.12. The number of benzene rings is 1. The van der Waals surface area contributed by atoms with Crippen molar-refractivity contribution in [2.45, 2.75) is 33.1 Å². The highest BCUT2D eigenvalue weighted by atomic mass is 16.3. The van der Waals surface area contributed by atoms with Crippen molar-refractivity contribution in [1.82, 2.24) is 5.32 Å². The zero-order chi connectivity index (χ0) is 12.8. The van der Waals surface area contributed by atoms with Gasteiger partial charge in [-0.1, -0.05) is 38.1 Å². The summed E-state index contributed by atoms with van der Waals surface area (Å²) in [5, 5.41) is 11.1. The molecular weight excluding hydrogens is 214 g/mol. The molecule has 3 nitrogen and oxygen atoms in total. The Morgan fingerprint density at radius 1 is 1.24 bits per heavy atom. The van der Waals surface area contributed by atoms with Crippen molar-refractivity contribution in [2.75, 3.05) is 6.73 Å². The van der Waals surface area contributed by atoms with Crippen LogP contribution >= 0.6 is 0 Å². The Balaban J connectivity index is 2.70. The van der Waals surface area contributed by atoms with E-state index >= 15 is 0 Å². The molecule has 0 aliphatic heterocycles. The molecule has 94 valence electrons. The van der Waals surface area contributed by atoms with Gasteiger partial charge in [0.05, 0.1) is 5.92 Å². The van der Waals surface area contributed by atoms with E-state index in [1.165, 1.54) is 5.56 Å². The van der Waals surface area contributed by atoms with Gasteiger partial charge in [-0.15, -0.1) is 0 Å². The molecule has 0 aromatic heterocycles. The summed E-state index contributed by atoms with van der Waals surface area (Å²) in [6.07, 6.45) is 1.05. The quantitative estimate of drug-likeness (QED) is 0.767. The van der Waals surface area contributed by atoms with Crippen LogP contribution in [0.4, 0.5) is 0 Å². The molecule has 0 fully saturated rings. The van der Waals surface area contributed by atoms with Crippen LogP contribution in [0.3, 0.4) is 0 Å². The molecule has 17 heavy (non-hydrogen) atoms. The van der Waals surface area contributed by atoms with Gasteiger partial charge in [0, 0.05) is 0 Å². The fourth-order valence-corrected chi connectivity index (χ4v) is 1.80. The summed E-state index contributed by atoms with van der Waals surface area (Å²) in [5.41, 5.74) is 2.27. The zero-order valence-electron chi connectivity index (χ0n) is 10.7. The third kappa shape index (κ3) is 4.19. The third-order valence-electron chi connectivity index (χ3n) is 2.77. The summed E-state index contributed by atoms with van der Waals surface area (Å²) < 4.78 is 0. The number of amides is 1. The Bertz CT molecular complexity index is 357. The van der Waals surface area contributed by atoms with Crippen LogP contribution in [0, 0.1) is 5.92 Å². The molecule has 3 heteroatoms. The van der Waals surface area contributed by atoms with Crippen molar-refractivity contribution >= 4 is 5.91 Å². The van der Waals surface area contributed by atoms with Crippen LogP contribution in [0.15, 0.2) is 24.3 Å². The van der Waals surface area contributed by atoms with Crippen LogP contribution in [-0.4, -0.2) is 17.7 Å². The van der Waals surface area contributed by atoms with Gasteiger partial charge in [-0.3, -0.25) is 4.79 Å². The molecule has 0 heterocycles. The van der Waals surface area contributed by atoms with E-state index < -0.39 is 0 Å². The molecule has 0 saturated heterocycles. The predicted molar refractivity (Wildman–Crippen MR) is 68.6 cm³/mol. The summed E-state index contributed by atoms with van der Waals surface area (Å²) in [7, 11) is 0. The highest BCUT2D eigenvalue weighted by Crippen LogP contribution is 2.17. The van der Waals surface area contributed by atoms with Crippen LogP contribution in [0.5, 0.6) is 0 Å². The SMILES string of the molecule is CC(C)Cc1ccc([C@@H](C)C(=O)NCO)cc1. The first-order valence-corrected chi connectivity index (χ1v) is 6.02. The fraction of sp³-hybridized carbons (Fsp3) is 0.500. The summed E-state index contributed by atoms with van der Waals surface area (Å²) in [4.78, 5) is 11.5. The van der Waals surface area contributed by atoms with E-state index in [2.05, 4.69) is 31.3 Å². The Labute approximate surface area is 103 Å². The Hall–Kier alpha value is -1.35. The molecule has 0 aliphatic carbocycles. The monoisotopic (exact) mass is 235 g/mol. The molecule has 0 spiro atoms. The average Bonchev–Trinajstić information content (AvgIpc) is 2.28. The van der Waals surface area contributed by atoms with Gasteiger partial charge in [-0.25, -0.2) is 0 Å². The van der Waals surface area contributed by atoms with Crippen molar-refractivity contribution in [2.24, 2.45) is 5.92 Å². The first-order valence-electron chi connectivity index (χ1n) is 6.02. The van der Waals surface area contributed by atoms with E-state index in [0.717, 1.165) is 12.0 Å². The van der Waals surface area contributed by atoms with Crippen molar-refractivity contribution < 1.29 is 9.90 Å². The lowest BCUT2D eigenvalue weighted by Crippen LogP contribution is -2.28. The summed E-state index contributed by atoms with van der Waals surface area (Å²) >= 11 is 0. The maximum absolute atomic E-state index is 11.5. The number of rotatable bonds is 5. The van der Waals surface area contributed by atoms with Crippen LogP contribution in [0.1, 0.15) is 37.8 Å². The van der Waals surface area contributed by atoms with Gasteiger partial charge >= 0.3 is 0 Å². The second-order valence-corrected chi connectivity index (χ2v) is 4.76. The second-order valence-electron chi connectivity index (χ2n) is 4.76. The van der Waals surface area contributed by atoms with Gasteiger partial charge in [0.25, 0.3) is 0 Å². The Kier molecular flexibility index (Phi) is 5.16. The van der Waals surface area contributed by atoms with E-state index in [-0.39, 0.29) is 18.6 Å². The molecule has 2 N–H and O–H groups in total. The predicted octanol–water partition coefficient (Wildman–Crippen LogP) is 2.05. The molecule has 0 unspecified atom stereocenters. The molecule has 1 amide bonds. The fourth-order valence-electron chi connectivity index (χ4n) is 1.80. The number of carbonyl (C=O) groups is 1. The van der Waals surface area contributed by atoms with Gasteiger partial charge in [0.2, 0.25) is 5.91 Å². The molecule has 1 rings (SSSR count). The molecule has 0 saturated carbocycles. The first kappa shape index (κ1) is 13.7. The summed E-state index contributed by atoms with van der Waals surface area (Å²) in [6, 6.07) is 8.11. The maximum Gasteiger partial charge on any atom is 0.229 e. The highest BCUT2D eigenvalue weighted by molar-refractivity contribution is 5.83. The lowest BCUT2D eigenvalue weighted by atomic mass is 9.96. The van der Waals surface area contributed by atoms with Crippen molar-refractivity contribution in [1.29, 1.82) is 0 Å². The first-order chi connectivity index (χ1) is 8.04. The maximum atomic E-state index is 11.5. The number of hydrogen-bond donors (Lipinski definition) is 2. The molecule has 1 aromatic rings. The third-order valence-corrected chi connectivity index (χ3v) is 2.77. The van der Waals surface area contributed by atoms with Gasteiger partial charge in [0.15, 0.2) is 0 Å². The highest BCUT2D eigenvalue weighted by Gasteiger charge is 2.14. The minimum Gasteiger partial charge on any atom is -0.377 e. The molecule has 0 radical (unpaired) electrons. The minimum absolute atomic E-state index is 0.149. The molecule has 1 atom stereocenters. The van der Waals surface area contributed by atoms with Crippen LogP contribution in [0.2, 0.25) is 0 Å². The van der Waals surface area contributed by atoms with Gasteiger partial charge in [-0.2, -0.15) is 0 Å². The largest absolute Gasteiger partial charge is 0.377 e. The molecule has 0 aliphatic rings.